The van der Waals surface area contributed by atoms with Crippen LogP contribution in [0.15, 0.2) is 18.2 Å². The van der Waals surface area contributed by atoms with Crippen molar-refractivity contribution in [3.8, 4) is 5.75 Å². The number of fused-ring (bicyclic) bond motifs is 1. The zero-order valence-corrected chi connectivity index (χ0v) is 14.2. The summed E-state index contributed by atoms with van der Waals surface area (Å²) in [5.41, 5.74) is 0.0848. The molecule has 6 heteroatoms. The van der Waals surface area contributed by atoms with Crippen molar-refractivity contribution in [2.45, 2.75) is 20.3 Å². The molecular weight excluding hydrogens is 314 g/mol. The Morgan fingerprint density at radius 1 is 1.39 bits per heavy atom. The van der Waals surface area contributed by atoms with Gasteiger partial charge in [0.1, 0.15) is 5.75 Å². The number of benzene rings is 1. The van der Waals surface area contributed by atoms with Crippen molar-refractivity contribution in [1.82, 2.24) is 4.90 Å². The molecule has 0 aliphatic carbocycles. The fourth-order valence-electron chi connectivity index (χ4n) is 2.98. The minimum absolute atomic E-state index is 0.0763. The lowest BCUT2D eigenvalue weighted by Crippen LogP contribution is -2.34. The van der Waals surface area contributed by atoms with Gasteiger partial charge in [-0.1, -0.05) is 0 Å². The number of thiophene rings is 1. The van der Waals surface area contributed by atoms with Gasteiger partial charge in [-0.05, 0) is 49.4 Å². The fourth-order valence-corrected chi connectivity index (χ4v) is 4.14. The Hall–Kier alpha value is -2.08. The first-order chi connectivity index (χ1) is 10.9. The zero-order chi connectivity index (χ0) is 16.8. The molecule has 1 atom stereocenters. The van der Waals surface area contributed by atoms with E-state index in [0.717, 1.165) is 21.4 Å². The van der Waals surface area contributed by atoms with Crippen molar-refractivity contribution >= 4 is 33.3 Å². The van der Waals surface area contributed by atoms with Crippen LogP contribution in [0.3, 0.4) is 0 Å². The second-order valence-corrected chi connectivity index (χ2v) is 7.31. The van der Waals surface area contributed by atoms with Gasteiger partial charge in [-0.25, -0.2) is 0 Å². The number of carboxylic acids is 1. The van der Waals surface area contributed by atoms with Crippen molar-refractivity contribution in [2.75, 3.05) is 20.2 Å². The number of methoxy groups -OCH3 is 1. The van der Waals surface area contributed by atoms with E-state index in [2.05, 4.69) is 0 Å². The first kappa shape index (κ1) is 15.8. The first-order valence-corrected chi connectivity index (χ1v) is 8.27. The number of hydrogen-bond donors (Lipinski definition) is 1. The van der Waals surface area contributed by atoms with Crippen LogP contribution in [-0.4, -0.2) is 42.1 Å². The molecule has 1 fully saturated rings. The van der Waals surface area contributed by atoms with Crippen LogP contribution in [0, 0.1) is 12.3 Å². The van der Waals surface area contributed by atoms with Gasteiger partial charge in [0.25, 0.3) is 5.91 Å². The van der Waals surface area contributed by atoms with E-state index >= 15 is 0 Å². The number of amides is 1. The number of carboxylic acid groups (broad SMARTS) is 1. The Balaban J connectivity index is 1.93. The molecule has 5 nitrogen and oxygen atoms in total. The lowest BCUT2D eigenvalue weighted by Gasteiger charge is -2.20. The van der Waals surface area contributed by atoms with E-state index in [9.17, 15) is 14.7 Å². The molecule has 1 N–H and O–H groups in total. The third-order valence-corrected chi connectivity index (χ3v) is 5.88. The van der Waals surface area contributed by atoms with Crippen LogP contribution >= 0.6 is 11.3 Å². The molecule has 3 rings (SSSR count). The van der Waals surface area contributed by atoms with Gasteiger partial charge < -0.3 is 14.7 Å². The van der Waals surface area contributed by atoms with Crippen molar-refractivity contribution in [3.63, 3.8) is 0 Å². The summed E-state index contributed by atoms with van der Waals surface area (Å²) in [5.74, 6) is -0.157. The van der Waals surface area contributed by atoms with Crippen LogP contribution < -0.4 is 4.74 Å². The van der Waals surface area contributed by atoms with Gasteiger partial charge in [0.15, 0.2) is 0 Å². The van der Waals surface area contributed by atoms with Crippen LogP contribution in [0.4, 0.5) is 0 Å². The van der Waals surface area contributed by atoms with E-state index in [1.165, 1.54) is 11.3 Å². The molecule has 122 valence electrons. The van der Waals surface area contributed by atoms with Gasteiger partial charge in [-0.15, -0.1) is 11.3 Å². The van der Waals surface area contributed by atoms with E-state index < -0.39 is 11.4 Å². The molecule has 2 aromatic rings. The summed E-state index contributed by atoms with van der Waals surface area (Å²) in [7, 11) is 1.62. The van der Waals surface area contributed by atoms with Gasteiger partial charge in [-0.2, -0.15) is 0 Å². The number of hydrogen-bond acceptors (Lipinski definition) is 4. The van der Waals surface area contributed by atoms with E-state index in [0.29, 0.717) is 17.8 Å². The number of rotatable bonds is 3. The van der Waals surface area contributed by atoms with Crippen molar-refractivity contribution < 1.29 is 19.4 Å². The third-order valence-electron chi connectivity index (χ3n) is 4.61. The quantitative estimate of drug-likeness (QED) is 0.937. The molecule has 1 aromatic carbocycles. The van der Waals surface area contributed by atoms with Crippen LogP contribution in [-0.2, 0) is 4.79 Å². The average Bonchev–Trinajstić information content (AvgIpc) is 3.09. The van der Waals surface area contributed by atoms with E-state index in [1.807, 2.05) is 25.1 Å². The highest BCUT2D eigenvalue weighted by Crippen LogP contribution is 2.36. The Labute approximate surface area is 138 Å². The molecule has 1 aromatic heterocycles. The maximum absolute atomic E-state index is 12.8. The Kier molecular flexibility index (Phi) is 3.80. The van der Waals surface area contributed by atoms with Gasteiger partial charge in [0.05, 0.1) is 17.4 Å². The van der Waals surface area contributed by atoms with E-state index in [1.54, 1.807) is 18.9 Å². The first-order valence-electron chi connectivity index (χ1n) is 7.45. The Morgan fingerprint density at radius 2 is 2.13 bits per heavy atom. The molecule has 1 aliphatic heterocycles. The maximum atomic E-state index is 12.8. The van der Waals surface area contributed by atoms with E-state index in [-0.39, 0.29) is 12.5 Å². The smallest absolute Gasteiger partial charge is 0.311 e. The summed E-state index contributed by atoms with van der Waals surface area (Å²) in [6.45, 7) is 4.38. The van der Waals surface area contributed by atoms with Crippen molar-refractivity contribution in [2.24, 2.45) is 5.41 Å². The minimum Gasteiger partial charge on any atom is -0.497 e. The molecule has 1 amide bonds. The Bertz CT molecular complexity index is 797. The van der Waals surface area contributed by atoms with Crippen LogP contribution in [0.2, 0.25) is 0 Å². The van der Waals surface area contributed by atoms with Crippen LogP contribution in [0.25, 0.3) is 10.1 Å². The van der Waals surface area contributed by atoms with Crippen molar-refractivity contribution in [3.05, 3.63) is 28.6 Å². The highest BCUT2D eigenvalue weighted by Gasteiger charge is 2.42. The summed E-state index contributed by atoms with van der Waals surface area (Å²) in [6, 6.07) is 5.77. The van der Waals surface area contributed by atoms with Gasteiger partial charge >= 0.3 is 5.97 Å². The van der Waals surface area contributed by atoms with Crippen molar-refractivity contribution in [1.29, 1.82) is 0 Å². The fraction of sp³-hybridized carbons (Fsp3) is 0.412. The van der Waals surface area contributed by atoms with Crippen LogP contribution in [0.5, 0.6) is 5.75 Å². The zero-order valence-electron chi connectivity index (χ0n) is 13.4. The molecule has 0 bridgehead atoms. The minimum atomic E-state index is -0.844. The van der Waals surface area contributed by atoms with Crippen LogP contribution in [0.1, 0.15) is 28.6 Å². The second kappa shape index (κ2) is 5.53. The molecule has 0 saturated carbocycles. The number of aliphatic carboxylic acids is 1. The molecule has 0 unspecified atom stereocenters. The number of likely N-dealkylation sites (tertiary alicyclic amines) is 1. The SMILES string of the molecule is COc1ccc2sc(C(=O)N3CC[C@@](C)(C(=O)O)C3)c(C)c2c1. The van der Waals surface area contributed by atoms with Gasteiger partial charge in [0.2, 0.25) is 0 Å². The topological polar surface area (TPSA) is 66.8 Å². The summed E-state index contributed by atoms with van der Waals surface area (Å²) in [5, 5.41) is 10.3. The standard InChI is InChI=1S/C17H19NO4S/c1-10-12-8-11(22-3)4-5-13(12)23-14(10)15(19)18-7-6-17(2,9-18)16(20)21/h4-5,8H,6-7,9H2,1-3H3,(H,20,21)/t17-/m1/s1. The molecule has 23 heavy (non-hydrogen) atoms. The number of carbonyl (C=O) groups is 2. The summed E-state index contributed by atoms with van der Waals surface area (Å²) in [6.07, 6.45) is 0.492. The summed E-state index contributed by atoms with van der Waals surface area (Å²) >= 11 is 1.45. The van der Waals surface area contributed by atoms with E-state index in [4.69, 9.17) is 4.74 Å². The molecule has 1 aliphatic rings. The monoisotopic (exact) mass is 333 g/mol. The number of aryl methyl sites for hydroxylation is 1. The number of carbonyl (C=O) groups excluding carboxylic acids is 1. The number of ether oxygens (including phenoxy) is 1. The third kappa shape index (κ3) is 2.57. The molecule has 1 saturated heterocycles. The lowest BCUT2D eigenvalue weighted by molar-refractivity contribution is -0.147. The van der Waals surface area contributed by atoms with Gasteiger partial charge in [-0.3, -0.25) is 9.59 Å². The van der Waals surface area contributed by atoms with Gasteiger partial charge in [0, 0.05) is 17.8 Å². The number of nitrogens with zero attached hydrogens (tertiary/aromatic N) is 1. The largest absolute Gasteiger partial charge is 0.497 e. The predicted octanol–water partition coefficient (Wildman–Crippen LogP) is 3.16. The summed E-state index contributed by atoms with van der Waals surface area (Å²) < 4.78 is 6.28. The maximum Gasteiger partial charge on any atom is 0.311 e. The molecule has 0 spiro atoms. The highest BCUT2D eigenvalue weighted by molar-refractivity contribution is 7.21. The molecule has 2 heterocycles. The highest BCUT2D eigenvalue weighted by atomic mass is 32.1. The Morgan fingerprint density at radius 3 is 2.74 bits per heavy atom. The molecule has 0 radical (unpaired) electrons. The predicted molar refractivity (Wildman–Crippen MR) is 89.4 cm³/mol. The molecular formula is C17H19NO4S. The normalized spacial score (nSPS) is 20.9. The lowest BCUT2D eigenvalue weighted by atomic mass is 9.90. The summed E-state index contributed by atoms with van der Waals surface area (Å²) in [4.78, 5) is 26.5. The second-order valence-electron chi connectivity index (χ2n) is 6.26. The average molecular weight is 333 g/mol.